The maximum atomic E-state index is 15.0. The van der Waals surface area contributed by atoms with Crippen LogP contribution in [-0.4, -0.2) is 47.4 Å². The molecule has 0 atom stereocenters. The van der Waals surface area contributed by atoms with E-state index in [1.807, 2.05) is 0 Å². The highest BCUT2D eigenvalue weighted by Gasteiger charge is 2.86. The Balaban J connectivity index is 2.18. The van der Waals surface area contributed by atoms with Crippen molar-refractivity contribution in [1.82, 2.24) is 0 Å². The maximum Gasteiger partial charge on any atom is 0.460 e. The van der Waals surface area contributed by atoms with Crippen LogP contribution >= 0.6 is 10.3 Å². The number of hydrogen-bond donors (Lipinski definition) is 0. The van der Waals surface area contributed by atoms with E-state index >= 15 is 8.78 Å². The quantitative estimate of drug-likeness (QED) is 0.200. The van der Waals surface area contributed by atoms with Gasteiger partial charge in [-0.2, -0.15) is 47.9 Å². The average Bonchev–Trinajstić information content (AvgIpc) is 3.38. The number of alkyl halides is 9. The Bertz CT molecular complexity index is 835. The fraction of sp³-hybridized carbons (Fsp3) is 1.00. The van der Waals surface area contributed by atoms with Crippen molar-refractivity contribution in [3.05, 3.63) is 0 Å². The lowest BCUT2D eigenvalue weighted by Crippen LogP contribution is -2.63. The fourth-order valence-corrected chi connectivity index (χ4v) is 14.7. The van der Waals surface area contributed by atoms with E-state index < -0.39 is 59.5 Å². The molecule has 0 aromatic carbocycles. The molecule has 0 bridgehead atoms. The predicted octanol–water partition coefficient (Wildman–Crippen LogP) is 9.65. The van der Waals surface area contributed by atoms with Gasteiger partial charge in [-0.25, -0.2) is 3.63 Å². The molecule has 3 saturated carbocycles. The first-order valence-corrected chi connectivity index (χ1v) is 17.1. The highest BCUT2D eigenvalue weighted by molar-refractivity contribution is 8.34. The van der Waals surface area contributed by atoms with Crippen LogP contribution in [0.4, 0.5) is 39.5 Å². The summed E-state index contributed by atoms with van der Waals surface area (Å²) >= 11 is 0. The summed E-state index contributed by atoms with van der Waals surface area (Å²) in [6.07, 6.45) is 4.06. The first kappa shape index (κ1) is 33.1. The third-order valence-corrected chi connectivity index (χ3v) is 15.7. The molecule has 0 unspecified atom stereocenters. The van der Waals surface area contributed by atoms with Crippen LogP contribution in [0, 0.1) is 0 Å². The Labute approximate surface area is 226 Å². The molecule has 0 aromatic heterocycles. The van der Waals surface area contributed by atoms with Gasteiger partial charge >= 0.3 is 33.4 Å². The van der Waals surface area contributed by atoms with Gasteiger partial charge in [-0.3, -0.25) is 0 Å². The van der Waals surface area contributed by atoms with Crippen molar-refractivity contribution in [2.45, 2.75) is 155 Å². The Kier molecular flexibility index (Phi) is 10.6. The van der Waals surface area contributed by atoms with E-state index in [4.69, 9.17) is 3.63 Å². The normalized spacial score (nSPS) is 24.1. The van der Waals surface area contributed by atoms with Crippen molar-refractivity contribution >= 4 is 20.4 Å². The standard InChI is InChI=1S/C25H39F9O3S2/c26-22(27,24(30,31)32)23(28,29)25(33,34)39(35,36)37-38(19-13-7-1-2-8-14-19,20-15-9-3-4-10-16-20)21-17-11-5-6-12-18-21/h19-21H,1-18H2. The first-order valence-electron chi connectivity index (χ1n) is 14.0. The number of halogens is 9. The second-order valence-corrected chi connectivity index (χ2v) is 16.6. The van der Waals surface area contributed by atoms with Gasteiger partial charge in [0.15, 0.2) is 0 Å². The van der Waals surface area contributed by atoms with Gasteiger partial charge in [0, 0.05) is 15.7 Å². The van der Waals surface area contributed by atoms with Crippen LogP contribution in [0.5, 0.6) is 0 Å². The summed E-state index contributed by atoms with van der Waals surface area (Å²) < 4.78 is 156. The van der Waals surface area contributed by atoms with Crippen LogP contribution < -0.4 is 0 Å². The third-order valence-electron chi connectivity index (χ3n) is 8.61. The number of hydrogen-bond acceptors (Lipinski definition) is 3. The smallest absolute Gasteiger partial charge is 0.214 e. The lowest BCUT2D eigenvalue weighted by Gasteiger charge is -2.55. The molecule has 0 amide bonds. The predicted molar refractivity (Wildman–Crippen MR) is 133 cm³/mol. The number of rotatable bonds is 8. The molecule has 0 heterocycles. The highest BCUT2D eigenvalue weighted by atomic mass is 32.3. The van der Waals surface area contributed by atoms with Crippen LogP contribution in [0.2, 0.25) is 0 Å². The molecule has 0 aromatic rings. The van der Waals surface area contributed by atoms with Crippen LogP contribution in [-0.2, 0) is 13.7 Å². The third kappa shape index (κ3) is 6.37. The topological polar surface area (TPSA) is 43.4 Å². The Morgan fingerprint density at radius 1 is 0.462 bits per heavy atom. The zero-order valence-corrected chi connectivity index (χ0v) is 23.5. The fourth-order valence-electron chi connectivity index (χ4n) is 6.53. The van der Waals surface area contributed by atoms with E-state index in [9.17, 15) is 39.2 Å². The summed E-state index contributed by atoms with van der Waals surface area (Å²) in [7, 11) is -10.1. The molecule has 0 saturated heterocycles. The molecule has 3 aliphatic rings. The summed E-state index contributed by atoms with van der Waals surface area (Å²) in [6, 6.07) is 0. The summed E-state index contributed by atoms with van der Waals surface area (Å²) in [5.41, 5.74) is 0. The van der Waals surface area contributed by atoms with E-state index in [1.165, 1.54) is 0 Å². The van der Waals surface area contributed by atoms with Gasteiger partial charge in [-0.15, -0.1) is 10.3 Å². The molecule has 3 aliphatic carbocycles. The second-order valence-electron chi connectivity index (χ2n) is 11.2. The van der Waals surface area contributed by atoms with Crippen molar-refractivity contribution in [3.63, 3.8) is 0 Å². The second kappa shape index (κ2) is 12.5. The summed E-state index contributed by atoms with van der Waals surface area (Å²) in [5, 5.41) is -8.45. The van der Waals surface area contributed by atoms with Gasteiger partial charge in [-0.1, -0.05) is 77.0 Å². The van der Waals surface area contributed by atoms with Crippen molar-refractivity contribution in [3.8, 4) is 0 Å². The van der Waals surface area contributed by atoms with Gasteiger partial charge in [0.2, 0.25) is 0 Å². The van der Waals surface area contributed by atoms with Crippen LogP contribution in [0.25, 0.3) is 0 Å². The molecule has 14 heteroatoms. The van der Waals surface area contributed by atoms with Gasteiger partial charge < -0.3 is 0 Å². The SMILES string of the molecule is O=S(=O)(OS(C1CCCCCC1)(C1CCCCCC1)C1CCCCCC1)C(F)(F)C(F)(F)C(F)(F)C(F)(F)F. The molecule has 3 nitrogen and oxygen atoms in total. The maximum absolute atomic E-state index is 15.0. The van der Waals surface area contributed by atoms with Crippen molar-refractivity contribution in [2.24, 2.45) is 0 Å². The summed E-state index contributed by atoms with van der Waals surface area (Å²) in [5.74, 6) is -14.6. The first-order chi connectivity index (χ1) is 18.0. The van der Waals surface area contributed by atoms with Crippen molar-refractivity contribution < 1.29 is 51.6 Å². The average molecular weight is 623 g/mol. The summed E-state index contributed by atoms with van der Waals surface area (Å²) in [4.78, 5) is 0. The molecule has 0 radical (unpaired) electrons. The Morgan fingerprint density at radius 2 is 0.744 bits per heavy atom. The largest absolute Gasteiger partial charge is 0.460 e. The minimum atomic E-state index is -7.30. The van der Waals surface area contributed by atoms with E-state index in [1.54, 1.807) is 0 Å². The minimum Gasteiger partial charge on any atom is -0.214 e. The molecule has 0 aliphatic heterocycles. The lowest BCUT2D eigenvalue weighted by atomic mass is 10.1. The summed E-state index contributed by atoms with van der Waals surface area (Å²) in [6.45, 7) is 0. The van der Waals surface area contributed by atoms with Crippen LogP contribution in [0.3, 0.4) is 0 Å². The monoisotopic (exact) mass is 622 g/mol. The van der Waals surface area contributed by atoms with Crippen LogP contribution in [0.1, 0.15) is 116 Å². The zero-order valence-electron chi connectivity index (χ0n) is 21.9. The molecule has 0 N–H and O–H groups in total. The molecular weight excluding hydrogens is 583 g/mol. The van der Waals surface area contributed by atoms with Crippen molar-refractivity contribution in [2.75, 3.05) is 0 Å². The van der Waals surface area contributed by atoms with Gasteiger partial charge in [0.05, 0.1) is 0 Å². The molecular formula is C25H39F9O3S2. The molecule has 39 heavy (non-hydrogen) atoms. The zero-order chi connectivity index (χ0) is 29.2. The highest BCUT2D eigenvalue weighted by Crippen LogP contribution is 2.71. The molecule has 0 spiro atoms. The molecule has 232 valence electrons. The van der Waals surface area contributed by atoms with E-state index in [-0.39, 0.29) is 0 Å². The van der Waals surface area contributed by atoms with Gasteiger partial charge in [0.25, 0.3) is 0 Å². The van der Waals surface area contributed by atoms with Crippen molar-refractivity contribution in [1.29, 1.82) is 0 Å². The Hall–Kier alpha value is -0.370. The van der Waals surface area contributed by atoms with Gasteiger partial charge in [0.1, 0.15) is 0 Å². The lowest BCUT2D eigenvalue weighted by molar-refractivity contribution is -0.382. The molecule has 3 fully saturated rings. The van der Waals surface area contributed by atoms with E-state index in [2.05, 4.69) is 0 Å². The van der Waals surface area contributed by atoms with E-state index in [0.717, 1.165) is 38.5 Å². The molecule has 3 rings (SSSR count). The Morgan fingerprint density at radius 3 is 1.00 bits per heavy atom. The minimum absolute atomic E-state index is 0.415. The van der Waals surface area contributed by atoms with E-state index in [0.29, 0.717) is 77.0 Å². The van der Waals surface area contributed by atoms with Crippen LogP contribution in [0.15, 0.2) is 0 Å². The van der Waals surface area contributed by atoms with Gasteiger partial charge in [-0.05, 0) is 38.5 Å².